The zero-order valence-electron chi connectivity index (χ0n) is 12.4. The number of halogens is 1. The van der Waals surface area contributed by atoms with Gasteiger partial charge in [-0.15, -0.1) is 12.4 Å². The summed E-state index contributed by atoms with van der Waals surface area (Å²) in [4.78, 5) is 0. The Kier molecular flexibility index (Phi) is 8.61. The molecule has 2 N–H and O–H groups in total. The molecule has 0 aliphatic heterocycles. The molecule has 1 unspecified atom stereocenters. The van der Waals surface area contributed by atoms with E-state index in [1.807, 2.05) is 6.92 Å². The van der Waals surface area contributed by atoms with Crippen LogP contribution in [0.2, 0.25) is 0 Å². The van der Waals surface area contributed by atoms with Crippen molar-refractivity contribution in [3.05, 3.63) is 23.3 Å². The predicted octanol–water partition coefficient (Wildman–Crippen LogP) is 3.36. The lowest BCUT2D eigenvalue weighted by atomic mass is 9.98. The largest absolute Gasteiger partial charge is 0.493 e. The number of benzene rings is 1. The average Bonchev–Trinajstić information content (AvgIpc) is 2.35. The summed E-state index contributed by atoms with van der Waals surface area (Å²) in [7, 11) is 1.68. The Morgan fingerprint density at radius 2 is 1.79 bits per heavy atom. The highest BCUT2D eigenvalue weighted by Crippen LogP contribution is 2.31. The summed E-state index contributed by atoms with van der Waals surface area (Å²) in [6.45, 7) is 6.97. The van der Waals surface area contributed by atoms with Crippen LogP contribution < -0.4 is 15.2 Å². The lowest BCUT2D eigenvalue weighted by molar-refractivity contribution is 0.293. The van der Waals surface area contributed by atoms with Gasteiger partial charge in [0.1, 0.15) is 0 Å². The van der Waals surface area contributed by atoms with Gasteiger partial charge in [-0.05, 0) is 49.4 Å². The first kappa shape index (κ1) is 18.1. The Morgan fingerprint density at radius 1 is 1.16 bits per heavy atom. The predicted molar refractivity (Wildman–Crippen MR) is 82.8 cm³/mol. The zero-order chi connectivity index (χ0) is 13.5. The van der Waals surface area contributed by atoms with Gasteiger partial charge in [0.05, 0.1) is 13.7 Å². The van der Waals surface area contributed by atoms with E-state index < -0.39 is 0 Å². The van der Waals surface area contributed by atoms with Crippen LogP contribution in [0.1, 0.15) is 38.3 Å². The number of hydrogen-bond acceptors (Lipinski definition) is 3. The summed E-state index contributed by atoms with van der Waals surface area (Å²) in [5.74, 6) is 1.64. The minimum Gasteiger partial charge on any atom is -0.493 e. The topological polar surface area (TPSA) is 44.5 Å². The van der Waals surface area contributed by atoms with Crippen LogP contribution in [0.15, 0.2) is 12.1 Å². The first-order valence-corrected chi connectivity index (χ1v) is 6.70. The molecule has 0 aliphatic carbocycles. The highest BCUT2D eigenvalue weighted by molar-refractivity contribution is 5.85. The molecule has 0 heterocycles. The minimum absolute atomic E-state index is 0. The molecule has 19 heavy (non-hydrogen) atoms. The Labute approximate surface area is 122 Å². The van der Waals surface area contributed by atoms with E-state index in [9.17, 15) is 0 Å². The normalized spacial score (nSPS) is 11.6. The van der Waals surface area contributed by atoms with Gasteiger partial charge in [0.2, 0.25) is 0 Å². The maximum Gasteiger partial charge on any atom is 0.161 e. The highest BCUT2D eigenvalue weighted by atomic mass is 35.5. The van der Waals surface area contributed by atoms with Gasteiger partial charge < -0.3 is 15.2 Å². The molecule has 0 aromatic heterocycles. The fourth-order valence-corrected chi connectivity index (χ4v) is 1.99. The van der Waals surface area contributed by atoms with E-state index >= 15 is 0 Å². The minimum atomic E-state index is 0. The van der Waals surface area contributed by atoms with Gasteiger partial charge in [0, 0.05) is 6.04 Å². The van der Waals surface area contributed by atoms with E-state index in [0.29, 0.717) is 6.61 Å². The first-order valence-electron chi connectivity index (χ1n) is 6.70. The van der Waals surface area contributed by atoms with Crippen molar-refractivity contribution in [2.24, 2.45) is 5.73 Å². The number of hydrogen-bond donors (Lipinski definition) is 1. The fraction of sp³-hybridized carbons (Fsp3) is 0.600. The van der Waals surface area contributed by atoms with Gasteiger partial charge >= 0.3 is 0 Å². The van der Waals surface area contributed by atoms with Crippen molar-refractivity contribution in [2.45, 2.75) is 46.1 Å². The van der Waals surface area contributed by atoms with E-state index in [1.54, 1.807) is 7.11 Å². The Bertz CT molecular complexity index is 381. The molecule has 4 heteroatoms. The van der Waals surface area contributed by atoms with Crippen LogP contribution in [-0.2, 0) is 12.8 Å². The molecule has 0 saturated carbocycles. The van der Waals surface area contributed by atoms with Crippen LogP contribution in [0.4, 0.5) is 0 Å². The van der Waals surface area contributed by atoms with E-state index in [0.717, 1.165) is 30.8 Å². The highest BCUT2D eigenvalue weighted by Gasteiger charge is 2.11. The molecule has 0 aliphatic rings. The molecule has 0 radical (unpaired) electrons. The number of methoxy groups -OCH3 is 1. The summed E-state index contributed by atoms with van der Waals surface area (Å²) in [5.41, 5.74) is 8.45. The van der Waals surface area contributed by atoms with Crippen molar-refractivity contribution in [1.29, 1.82) is 0 Å². The van der Waals surface area contributed by atoms with Crippen LogP contribution in [-0.4, -0.2) is 19.8 Å². The Balaban J connectivity index is 0.00000324. The summed E-state index contributed by atoms with van der Waals surface area (Å²) < 4.78 is 11.1. The van der Waals surface area contributed by atoms with Crippen LogP contribution in [0.3, 0.4) is 0 Å². The maximum absolute atomic E-state index is 5.90. The van der Waals surface area contributed by atoms with E-state index in [2.05, 4.69) is 26.0 Å². The molecule has 0 spiro atoms. The van der Waals surface area contributed by atoms with Crippen molar-refractivity contribution in [1.82, 2.24) is 0 Å². The maximum atomic E-state index is 5.90. The summed E-state index contributed by atoms with van der Waals surface area (Å²) in [6.07, 6.45) is 2.84. The second-order valence-corrected chi connectivity index (χ2v) is 4.66. The lowest BCUT2D eigenvalue weighted by Crippen LogP contribution is -2.18. The lowest BCUT2D eigenvalue weighted by Gasteiger charge is -2.16. The monoisotopic (exact) mass is 287 g/mol. The summed E-state index contributed by atoms with van der Waals surface area (Å²) in [5, 5.41) is 0. The third-order valence-corrected chi connectivity index (χ3v) is 2.87. The molecule has 3 nitrogen and oxygen atoms in total. The Hall–Kier alpha value is -0.930. The number of aryl methyl sites for hydroxylation is 1. The van der Waals surface area contributed by atoms with Crippen LogP contribution in [0.25, 0.3) is 0 Å². The second kappa shape index (κ2) is 9.05. The third-order valence-electron chi connectivity index (χ3n) is 2.87. The van der Waals surface area contributed by atoms with Gasteiger partial charge in [0.15, 0.2) is 11.5 Å². The molecule has 1 aromatic carbocycles. The zero-order valence-corrected chi connectivity index (χ0v) is 13.2. The van der Waals surface area contributed by atoms with Crippen LogP contribution >= 0.6 is 12.4 Å². The van der Waals surface area contributed by atoms with E-state index in [4.69, 9.17) is 15.2 Å². The molecule has 0 fully saturated rings. The number of nitrogens with two attached hydrogens (primary N) is 1. The van der Waals surface area contributed by atoms with Gasteiger partial charge in [-0.3, -0.25) is 0 Å². The SMILES string of the molecule is CCCOc1cc(CC(C)N)c(CC)cc1OC.Cl. The molecule has 1 rings (SSSR count). The first-order chi connectivity index (χ1) is 8.62. The van der Waals surface area contributed by atoms with E-state index in [1.165, 1.54) is 11.1 Å². The fourth-order valence-electron chi connectivity index (χ4n) is 1.99. The molecule has 0 bridgehead atoms. The van der Waals surface area contributed by atoms with Crippen molar-refractivity contribution in [3.63, 3.8) is 0 Å². The van der Waals surface area contributed by atoms with Gasteiger partial charge in [-0.25, -0.2) is 0 Å². The Morgan fingerprint density at radius 3 is 2.26 bits per heavy atom. The molecule has 0 saturated heterocycles. The standard InChI is InChI=1S/C15H25NO2.ClH/c1-5-7-18-15-10-13(8-11(3)16)12(6-2)9-14(15)17-4;/h9-11H,5-8,16H2,1-4H3;1H. The quantitative estimate of drug-likeness (QED) is 0.836. The summed E-state index contributed by atoms with van der Waals surface area (Å²) in [6, 6.07) is 4.31. The molecular formula is C15H26ClNO2. The molecular weight excluding hydrogens is 262 g/mol. The smallest absolute Gasteiger partial charge is 0.161 e. The third kappa shape index (κ3) is 5.29. The summed E-state index contributed by atoms with van der Waals surface area (Å²) >= 11 is 0. The molecule has 1 atom stereocenters. The van der Waals surface area contributed by atoms with Gasteiger partial charge in [-0.2, -0.15) is 0 Å². The van der Waals surface area contributed by atoms with Crippen LogP contribution in [0, 0.1) is 0 Å². The second-order valence-electron chi connectivity index (χ2n) is 4.66. The van der Waals surface area contributed by atoms with Crippen LogP contribution in [0.5, 0.6) is 11.5 Å². The van der Waals surface area contributed by atoms with E-state index in [-0.39, 0.29) is 18.4 Å². The van der Waals surface area contributed by atoms with Gasteiger partial charge in [0.25, 0.3) is 0 Å². The van der Waals surface area contributed by atoms with Crippen molar-refractivity contribution in [3.8, 4) is 11.5 Å². The number of ether oxygens (including phenoxy) is 2. The molecule has 1 aromatic rings. The molecule has 0 amide bonds. The van der Waals surface area contributed by atoms with Crippen molar-refractivity contribution >= 4 is 12.4 Å². The molecule has 110 valence electrons. The average molecular weight is 288 g/mol. The van der Waals surface area contributed by atoms with Crippen molar-refractivity contribution in [2.75, 3.05) is 13.7 Å². The van der Waals surface area contributed by atoms with Gasteiger partial charge in [-0.1, -0.05) is 13.8 Å². The number of rotatable bonds is 7. The van der Waals surface area contributed by atoms with Crippen molar-refractivity contribution < 1.29 is 9.47 Å².